The van der Waals surface area contributed by atoms with Crippen LogP contribution in [0.15, 0.2) is 94.3 Å². The lowest BCUT2D eigenvalue weighted by Crippen LogP contribution is -2.39. The summed E-state index contributed by atoms with van der Waals surface area (Å²) < 4.78 is 31.5. The number of hydrogen-bond donors (Lipinski definition) is 1. The van der Waals surface area contributed by atoms with Crippen LogP contribution in [0, 0.1) is 6.92 Å². The van der Waals surface area contributed by atoms with Gasteiger partial charge in [-0.1, -0.05) is 56.8 Å². The van der Waals surface area contributed by atoms with Crippen molar-refractivity contribution in [1.82, 2.24) is 4.57 Å². The largest absolute Gasteiger partial charge is 0.389 e. The average molecular weight is 618 g/mol. The summed E-state index contributed by atoms with van der Waals surface area (Å²) in [5.41, 5.74) is 3.17. The van der Waals surface area contributed by atoms with Crippen molar-refractivity contribution < 1.29 is 13.5 Å². The minimum Gasteiger partial charge on any atom is -0.389 e. The molecule has 37 heavy (non-hydrogen) atoms. The standard InChI is InChI=1S/C28H23BrCl2N2O3S/c1-18-2-10-24(11-3-18)37(35,36)33(22-8-4-19(29)5-9-22)17-23(34)16-32-27-12-6-20(30)14-25(27)26-15-21(31)7-13-28(26)32/h2-15,23,34H,16-17H2,1H3/t23-/m0/s1. The molecule has 0 aliphatic rings. The molecule has 5 aromatic rings. The van der Waals surface area contributed by atoms with Crippen molar-refractivity contribution in [3.05, 3.63) is 105 Å². The normalized spacial score (nSPS) is 12.8. The maximum atomic E-state index is 13.7. The van der Waals surface area contributed by atoms with E-state index in [0.29, 0.717) is 15.7 Å². The number of halogens is 3. The monoisotopic (exact) mass is 616 g/mol. The zero-order valence-corrected chi connectivity index (χ0v) is 23.7. The van der Waals surface area contributed by atoms with Gasteiger partial charge in [0.15, 0.2) is 0 Å². The van der Waals surface area contributed by atoms with Gasteiger partial charge in [0.25, 0.3) is 10.0 Å². The second-order valence-electron chi connectivity index (χ2n) is 8.91. The minimum atomic E-state index is -3.94. The van der Waals surface area contributed by atoms with Gasteiger partial charge in [-0.15, -0.1) is 0 Å². The quantitative estimate of drug-likeness (QED) is 0.207. The topological polar surface area (TPSA) is 62.5 Å². The molecule has 4 aromatic carbocycles. The highest BCUT2D eigenvalue weighted by atomic mass is 79.9. The summed E-state index contributed by atoms with van der Waals surface area (Å²) in [6.07, 6.45) is -1.02. The van der Waals surface area contributed by atoms with Crippen LogP contribution in [-0.4, -0.2) is 30.7 Å². The number of aromatic nitrogens is 1. The Hall–Kier alpha value is -2.55. The zero-order valence-electron chi connectivity index (χ0n) is 19.8. The first-order chi connectivity index (χ1) is 17.6. The van der Waals surface area contributed by atoms with Crippen molar-refractivity contribution in [2.24, 2.45) is 0 Å². The number of aliphatic hydroxyl groups excluding tert-OH is 1. The Bertz CT molecular complexity index is 1640. The maximum Gasteiger partial charge on any atom is 0.264 e. The van der Waals surface area contributed by atoms with Crippen LogP contribution < -0.4 is 4.31 Å². The van der Waals surface area contributed by atoms with E-state index in [9.17, 15) is 13.5 Å². The summed E-state index contributed by atoms with van der Waals surface area (Å²) in [5, 5.41) is 14.3. The summed E-state index contributed by atoms with van der Waals surface area (Å²) in [4.78, 5) is 0.161. The van der Waals surface area contributed by atoms with Crippen LogP contribution in [0.4, 0.5) is 5.69 Å². The Morgan fingerprint density at radius 3 is 1.95 bits per heavy atom. The molecular weight excluding hydrogens is 595 g/mol. The summed E-state index contributed by atoms with van der Waals surface area (Å²) in [6.45, 7) is 1.93. The fraction of sp³-hybridized carbons (Fsp3) is 0.143. The lowest BCUT2D eigenvalue weighted by molar-refractivity contribution is 0.166. The first-order valence-electron chi connectivity index (χ1n) is 11.5. The molecule has 1 N–H and O–H groups in total. The smallest absolute Gasteiger partial charge is 0.264 e. The number of anilines is 1. The van der Waals surface area contributed by atoms with E-state index >= 15 is 0 Å². The van der Waals surface area contributed by atoms with Gasteiger partial charge >= 0.3 is 0 Å². The van der Waals surface area contributed by atoms with E-state index in [4.69, 9.17) is 23.2 Å². The van der Waals surface area contributed by atoms with Crippen LogP contribution in [0.5, 0.6) is 0 Å². The maximum absolute atomic E-state index is 13.7. The van der Waals surface area contributed by atoms with Crippen molar-refractivity contribution >= 4 is 76.6 Å². The minimum absolute atomic E-state index is 0.139. The Balaban J connectivity index is 1.54. The van der Waals surface area contributed by atoms with Gasteiger partial charge in [-0.25, -0.2) is 8.42 Å². The van der Waals surface area contributed by atoms with E-state index in [1.54, 1.807) is 60.7 Å². The molecule has 9 heteroatoms. The number of aryl methyl sites for hydroxylation is 1. The number of hydrogen-bond acceptors (Lipinski definition) is 3. The van der Waals surface area contributed by atoms with Crippen molar-refractivity contribution in [2.75, 3.05) is 10.8 Å². The first kappa shape index (κ1) is 26.1. The van der Waals surface area contributed by atoms with Crippen molar-refractivity contribution in [3.63, 3.8) is 0 Å². The fourth-order valence-corrected chi connectivity index (χ4v) is 6.60. The predicted octanol–water partition coefficient (Wildman–Crippen LogP) is 7.43. The number of benzene rings is 4. The molecule has 5 nitrogen and oxygen atoms in total. The highest BCUT2D eigenvalue weighted by Gasteiger charge is 2.28. The van der Waals surface area contributed by atoms with Crippen LogP contribution in [0.3, 0.4) is 0 Å². The molecule has 1 heterocycles. The third kappa shape index (κ3) is 5.24. The Morgan fingerprint density at radius 2 is 1.41 bits per heavy atom. The summed E-state index contributed by atoms with van der Waals surface area (Å²) >= 11 is 15.9. The third-order valence-electron chi connectivity index (χ3n) is 6.28. The SMILES string of the molecule is Cc1ccc(S(=O)(=O)N(C[C@@H](O)Cn2c3ccc(Cl)cc3c3cc(Cl)ccc32)c2ccc(Br)cc2)cc1. The van der Waals surface area contributed by atoms with Crippen LogP contribution in [0.1, 0.15) is 5.56 Å². The summed E-state index contributed by atoms with van der Waals surface area (Å²) in [5.74, 6) is 0. The average Bonchev–Trinajstić information content (AvgIpc) is 3.15. The number of fused-ring (bicyclic) bond motifs is 3. The number of nitrogens with zero attached hydrogens (tertiary/aromatic N) is 2. The molecule has 0 saturated carbocycles. The molecule has 0 unspecified atom stereocenters. The molecule has 0 fully saturated rings. The van der Waals surface area contributed by atoms with Gasteiger partial charge in [0.05, 0.1) is 29.8 Å². The van der Waals surface area contributed by atoms with E-state index in [0.717, 1.165) is 31.8 Å². The van der Waals surface area contributed by atoms with Crippen molar-refractivity contribution in [2.45, 2.75) is 24.5 Å². The molecule has 1 aromatic heterocycles. The molecule has 5 rings (SSSR count). The summed E-state index contributed by atoms with van der Waals surface area (Å²) in [7, 11) is -3.94. The lowest BCUT2D eigenvalue weighted by Gasteiger charge is -2.27. The van der Waals surface area contributed by atoms with E-state index in [2.05, 4.69) is 15.9 Å². The second kappa shape index (κ2) is 10.3. The molecule has 0 aliphatic carbocycles. The highest BCUT2D eigenvalue weighted by Crippen LogP contribution is 2.33. The highest BCUT2D eigenvalue weighted by molar-refractivity contribution is 9.10. The van der Waals surface area contributed by atoms with Gasteiger partial charge in [0.2, 0.25) is 0 Å². The Kier molecular flexibility index (Phi) is 7.27. The summed E-state index contributed by atoms with van der Waals surface area (Å²) in [6, 6.07) is 24.8. The molecule has 0 radical (unpaired) electrons. The second-order valence-corrected chi connectivity index (χ2v) is 12.6. The van der Waals surface area contributed by atoms with Crippen LogP contribution in [-0.2, 0) is 16.6 Å². The molecule has 0 spiro atoms. The number of rotatable bonds is 7. The van der Waals surface area contributed by atoms with E-state index < -0.39 is 16.1 Å². The predicted molar refractivity (Wildman–Crippen MR) is 155 cm³/mol. The van der Waals surface area contributed by atoms with Gasteiger partial charge in [-0.3, -0.25) is 4.31 Å². The molecule has 1 atom stereocenters. The van der Waals surface area contributed by atoms with E-state index in [1.165, 1.54) is 4.31 Å². The van der Waals surface area contributed by atoms with Gasteiger partial charge in [0.1, 0.15) is 0 Å². The van der Waals surface area contributed by atoms with Crippen LogP contribution in [0.2, 0.25) is 10.0 Å². The molecule has 0 bridgehead atoms. The first-order valence-corrected chi connectivity index (χ1v) is 14.5. The molecule has 0 amide bonds. The van der Waals surface area contributed by atoms with E-state index in [1.807, 2.05) is 35.8 Å². The zero-order chi connectivity index (χ0) is 26.3. The van der Waals surface area contributed by atoms with E-state index in [-0.39, 0.29) is 18.0 Å². The molecule has 0 saturated heterocycles. The van der Waals surface area contributed by atoms with Gasteiger partial charge in [-0.05, 0) is 79.7 Å². The van der Waals surface area contributed by atoms with Crippen LogP contribution >= 0.6 is 39.1 Å². The molecule has 190 valence electrons. The number of aliphatic hydroxyl groups is 1. The lowest BCUT2D eigenvalue weighted by atomic mass is 10.1. The molecular formula is C28H23BrCl2N2O3S. The fourth-order valence-electron chi connectivity index (χ4n) is 4.49. The van der Waals surface area contributed by atoms with Crippen molar-refractivity contribution in [1.29, 1.82) is 0 Å². The van der Waals surface area contributed by atoms with Crippen molar-refractivity contribution in [3.8, 4) is 0 Å². The molecule has 0 aliphatic heterocycles. The Labute approximate surface area is 234 Å². The van der Waals surface area contributed by atoms with Gasteiger partial charge in [0, 0.05) is 36.3 Å². The van der Waals surface area contributed by atoms with Gasteiger partial charge in [-0.2, -0.15) is 0 Å². The third-order valence-corrected chi connectivity index (χ3v) is 9.09. The number of sulfonamides is 1. The van der Waals surface area contributed by atoms with Gasteiger partial charge < -0.3 is 9.67 Å². The Morgan fingerprint density at radius 1 is 0.865 bits per heavy atom. The van der Waals surface area contributed by atoms with Crippen LogP contribution in [0.25, 0.3) is 21.8 Å².